The smallest absolute Gasteiger partial charge is 0.262 e. The average molecular weight is 342 g/mol. The molecule has 1 saturated heterocycles. The molecule has 0 unspecified atom stereocenters. The first-order valence-electron chi connectivity index (χ1n) is 8.74. The predicted octanol–water partition coefficient (Wildman–Crippen LogP) is 4.22. The molecule has 0 aromatic heterocycles. The molecule has 1 heterocycles. The minimum atomic E-state index is -0.330. The van der Waals surface area contributed by atoms with Crippen molar-refractivity contribution < 1.29 is 13.9 Å². The summed E-state index contributed by atoms with van der Waals surface area (Å²) in [6.07, 6.45) is 4.87. The van der Waals surface area contributed by atoms with Gasteiger partial charge < -0.3 is 15.0 Å². The van der Waals surface area contributed by atoms with E-state index in [0.29, 0.717) is 5.75 Å². The largest absolute Gasteiger partial charge is 0.484 e. The molecule has 0 spiro atoms. The quantitative estimate of drug-likeness (QED) is 0.884. The summed E-state index contributed by atoms with van der Waals surface area (Å²) >= 11 is 0. The Hall–Kier alpha value is -2.56. The standard InChI is InChI=1S/C20H23FN2O2/c21-16-9-11-17(12-10-16)25-15-20(24)22-18-7-3-4-8-19(18)23-13-5-1-2-6-14-23/h3-4,7-12H,1-2,5-6,13-15H2,(H,22,24). The summed E-state index contributed by atoms with van der Waals surface area (Å²) in [5, 5.41) is 2.93. The number of para-hydroxylation sites is 2. The molecule has 3 rings (SSSR count). The first-order valence-corrected chi connectivity index (χ1v) is 8.74. The van der Waals surface area contributed by atoms with E-state index in [9.17, 15) is 9.18 Å². The number of halogens is 1. The zero-order valence-electron chi connectivity index (χ0n) is 14.2. The fraction of sp³-hybridized carbons (Fsp3) is 0.350. The summed E-state index contributed by atoms with van der Waals surface area (Å²) in [7, 11) is 0. The maximum atomic E-state index is 12.9. The highest BCUT2D eigenvalue weighted by atomic mass is 19.1. The van der Waals surface area contributed by atoms with Crippen molar-refractivity contribution in [2.45, 2.75) is 25.7 Å². The Bertz CT molecular complexity index is 695. The molecule has 0 aliphatic carbocycles. The van der Waals surface area contributed by atoms with E-state index in [2.05, 4.69) is 10.2 Å². The minimum Gasteiger partial charge on any atom is -0.484 e. The summed E-state index contributed by atoms with van der Waals surface area (Å²) in [5.74, 6) is -0.0906. The number of nitrogens with one attached hydrogen (secondary N) is 1. The van der Waals surface area contributed by atoms with Crippen LogP contribution in [0.15, 0.2) is 48.5 Å². The van der Waals surface area contributed by atoms with Crippen LogP contribution in [-0.2, 0) is 4.79 Å². The lowest BCUT2D eigenvalue weighted by Crippen LogP contribution is -2.27. The number of hydrogen-bond donors (Lipinski definition) is 1. The lowest BCUT2D eigenvalue weighted by molar-refractivity contribution is -0.118. The van der Waals surface area contributed by atoms with Crippen LogP contribution in [0.25, 0.3) is 0 Å². The molecule has 2 aromatic rings. The van der Waals surface area contributed by atoms with Gasteiger partial charge in [0.1, 0.15) is 11.6 Å². The molecule has 1 N–H and O–H groups in total. The van der Waals surface area contributed by atoms with Crippen molar-refractivity contribution in [3.05, 3.63) is 54.3 Å². The number of carbonyl (C=O) groups is 1. The van der Waals surface area contributed by atoms with Crippen LogP contribution in [0.2, 0.25) is 0 Å². The van der Waals surface area contributed by atoms with Crippen molar-refractivity contribution in [2.75, 3.05) is 29.9 Å². The Morgan fingerprint density at radius 2 is 1.68 bits per heavy atom. The number of carbonyl (C=O) groups excluding carboxylic acids is 1. The molecule has 1 amide bonds. The van der Waals surface area contributed by atoms with Crippen LogP contribution >= 0.6 is 0 Å². The molecule has 1 aliphatic heterocycles. The van der Waals surface area contributed by atoms with Gasteiger partial charge in [-0.15, -0.1) is 0 Å². The summed E-state index contributed by atoms with van der Waals surface area (Å²) in [4.78, 5) is 14.6. The van der Waals surface area contributed by atoms with E-state index >= 15 is 0 Å². The number of anilines is 2. The maximum Gasteiger partial charge on any atom is 0.262 e. The summed E-state index contributed by atoms with van der Waals surface area (Å²) in [6.45, 7) is 1.91. The predicted molar refractivity (Wildman–Crippen MR) is 97.6 cm³/mol. The van der Waals surface area contributed by atoms with E-state index in [1.54, 1.807) is 0 Å². The van der Waals surface area contributed by atoms with E-state index in [4.69, 9.17) is 4.74 Å². The van der Waals surface area contributed by atoms with Crippen molar-refractivity contribution in [3.63, 3.8) is 0 Å². The molecule has 1 aliphatic rings. The first-order chi connectivity index (χ1) is 12.2. The number of ether oxygens (including phenoxy) is 1. The van der Waals surface area contributed by atoms with E-state index in [0.717, 1.165) is 24.5 Å². The van der Waals surface area contributed by atoms with Crippen molar-refractivity contribution in [3.8, 4) is 5.75 Å². The van der Waals surface area contributed by atoms with Gasteiger partial charge >= 0.3 is 0 Å². The van der Waals surface area contributed by atoms with Crippen molar-refractivity contribution in [1.29, 1.82) is 0 Å². The molecular formula is C20H23FN2O2. The Morgan fingerprint density at radius 3 is 2.40 bits per heavy atom. The minimum absolute atomic E-state index is 0.111. The Balaban J connectivity index is 1.61. The van der Waals surface area contributed by atoms with Gasteiger partial charge in [-0.25, -0.2) is 4.39 Å². The van der Waals surface area contributed by atoms with Gasteiger partial charge in [-0.2, -0.15) is 0 Å². The number of hydrogen-bond acceptors (Lipinski definition) is 3. The molecule has 132 valence electrons. The van der Waals surface area contributed by atoms with E-state index in [1.165, 1.54) is 49.9 Å². The van der Waals surface area contributed by atoms with Gasteiger partial charge in [0.25, 0.3) is 5.91 Å². The summed E-state index contributed by atoms with van der Waals surface area (Å²) in [5.41, 5.74) is 1.86. The third-order valence-electron chi connectivity index (χ3n) is 4.31. The van der Waals surface area contributed by atoms with Crippen LogP contribution in [0.5, 0.6) is 5.75 Å². The number of nitrogens with zero attached hydrogens (tertiary/aromatic N) is 1. The normalized spacial score (nSPS) is 14.7. The lowest BCUT2D eigenvalue weighted by atomic mass is 10.2. The summed E-state index contributed by atoms with van der Waals surface area (Å²) < 4.78 is 18.3. The molecule has 0 saturated carbocycles. The van der Waals surface area contributed by atoms with Crippen LogP contribution in [-0.4, -0.2) is 25.6 Å². The van der Waals surface area contributed by atoms with Gasteiger partial charge in [-0.1, -0.05) is 25.0 Å². The zero-order valence-corrected chi connectivity index (χ0v) is 14.2. The molecule has 1 fully saturated rings. The summed E-state index contributed by atoms with van der Waals surface area (Å²) in [6, 6.07) is 13.5. The van der Waals surface area contributed by atoms with Gasteiger partial charge in [0.2, 0.25) is 0 Å². The zero-order chi connectivity index (χ0) is 17.5. The Labute approximate surface area is 147 Å². The van der Waals surface area contributed by atoms with Crippen molar-refractivity contribution in [1.82, 2.24) is 0 Å². The van der Waals surface area contributed by atoms with E-state index < -0.39 is 0 Å². The van der Waals surface area contributed by atoms with Crippen LogP contribution in [0.1, 0.15) is 25.7 Å². The molecular weight excluding hydrogens is 319 g/mol. The van der Waals surface area contributed by atoms with E-state index in [1.807, 2.05) is 24.3 Å². The average Bonchev–Trinajstić information content (AvgIpc) is 2.91. The highest BCUT2D eigenvalue weighted by Gasteiger charge is 2.15. The number of benzene rings is 2. The SMILES string of the molecule is O=C(COc1ccc(F)cc1)Nc1ccccc1N1CCCCCC1. The molecule has 0 radical (unpaired) electrons. The fourth-order valence-corrected chi connectivity index (χ4v) is 3.03. The van der Waals surface area contributed by atoms with Gasteiger partial charge in [-0.3, -0.25) is 4.79 Å². The Morgan fingerprint density at radius 1 is 1.00 bits per heavy atom. The van der Waals surface area contributed by atoms with Gasteiger partial charge in [0.05, 0.1) is 11.4 Å². The first kappa shape index (κ1) is 17.3. The third-order valence-corrected chi connectivity index (χ3v) is 4.31. The van der Waals surface area contributed by atoms with Crippen molar-refractivity contribution >= 4 is 17.3 Å². The highest BCUT2D eigenvalue weighted by Crippen LogP contribution is 2.27. The molecule has 5 heteroatoms. The maximum absolute atomic E-state index is 12.9. The van der Waals surface area contributed by atoms with Crippen LogP contribution < -0.4 is 15.0 Å². The van der Waals surface area contributed by atoms with E-state index in [-0.39, 0.29) is 18.3 Å². The third kappa shape index (κ3) is 4.95. The second kappa shape index (κ2) is 8.51. The molecule has 2 aromatic carbocycles. The van der Waals surface area contributed by atoms with Gasteiger partial charge in [0, 0.05) is 13.1 Å². The van der Waals surface area contributed by atoms with Crippen LogP contribution in [0.4, 0.5) is 15.8 Å². The van der Waals surface area contributed by atoms with Crippen LogP contribution in [0, 0.1) is 5.82 Å². The fourth-order valence-electron chi connectivity index (χ4n) is 3.03. The Kier molecular flexibility index (Phi) is 5.88. The van der Waals surface area contributed by atoms with Gasteiger partial charge in [0.15, 0.2) is 6.61 Å². The number of amides is 1. The van der Waals surface area contributed by atoms with Gasteiger partial charge in [-0.05, 0) is 49.2 Å². The molecule has 0 bridgehead atoms. The molecule has 4 nitrogen and oxygen atoms in total. The monoisotopic (exact) mass is 342 g/mol. The molecule has 25 heavy (non-hydrogen) atoms. The second-order valence-corrected chi connectivity index (χ2v) is 6.21. The number of rotatable bonds is 5. The lowest BCUT2D eigenvalue weighted by Gasteiger charge is -2.25. The molecule has 0 atom stereocenters. The highest BCUT2D eigenvalue weighted by molar-refractivity contribution is 5.95. The van der Waals surface area contributed by atoms with Crippen LogP contribution in [0.3, 0.4) is 0 Å². The second-order valence-electron chi connectivity index (χ2n) is 6.21. The van der Waals surface area contributed by atoms with Crippen molar-refractivity contribution in [2.24, 2.45) is 0 Å². The topological polar surface area (TPSA) is 41.6 Å².